The van der Waals surface area contributed by atoms with Crippen LogP contribution in [0.4, 0.5) is 0 Å². The van der Waals surface area contributed by atoms with E-state index in [1.807, 2.05) is 0 Å². The van der Waals surface area contributed by atoms with Crippen LogP contribution in [0.3, 0.4) is 0 Å². The Morgan fingerprint density at radius 3 is 2.35 bits per heavy atom. The fourth-order valence-corrected chi connectivity index (χ4v) is 3.27. The van der Waals surface area contributed by atoms with Crippen LogP contribution in [0.15, 0.2) is 0 Å². The summed E-state index contributed by atoms with van der Waals surface area (Å²) >= 11 is 3.47. The predicted octanol–water partition coefficient (Wildman–Crippen LogP) is 3.73. The highest BCUT2D eigenvalue weighted by molar-refractivity contribution is 9.09. The third-order valence-electron chi connectivity index (χ3n) is 4.31. The number of nitrogens with zero attached hydrogens (tertiary/aromatic N) is 1. The van der Waals surface area contributed by atoms with E-state index in [1.165, 1.54) is 44.9 Å². The second kappa shape index (κ2) is 6.77. The second-order valence-corrected chi connectivity index (χ2v) is 6.36. The molecule has 0 atom stereocenters. The van der Waals surface area contributed by atoms with Gasteiger partial charge in [0.2, 0.25) is 5.91 Å². The van der Waals surface area contributed by atoms with Crippen molar-refractivity contribution in [1.82, 2.24) is 4.90 Å². The van der Waals surface area contributed by atoms with E-state index in [0.29, 0.717) is 17.9 Å². The summed E-state index contributed by atoms with van der Waals surface area (Å²) in [6, 6.07) is 0.572. The van der Waals surface area contributed by atoms with Gasteiger partial charge in [-0.15, -0.1) is 0 Å². The number of halogens is 1. The molecule has 1 amide bonds. The average Bonchev–Trinajstić information content (AvgIpc) is 2.73. The molecule has 0 spiro atoms. The van der Waals surface area contributed by atoms with E-state index < -0.39 is 0 Å². The Morgan fingerprint density at radius 2 is 1.82 bits per heavy atom. The molecular weight excluding hydrogens is 278 g/mol. The maximum atomic E-state index is 12.3. The quantitative estimate of drug-likeness (QED) is 0.685. The molecule has 98 valence electrons. The van der Waals surface area contributed by atoms with Gasteiger partial charge >= 0.3 is 0 Å². The van der Waals surface area contributed by atoms with Crippen LogP contribution in [0.5, 0.6) is 0 Å². The lowest BCUT2D eigenvalue weighted by Gasteiger charge is -2.38. The van der Waals surface area contributed by atoms with E-state index in [-0.39, 0.29) is 0 Å². The number of carbonyl (C=O) groups excluding carboxylic acids is 1. The first-order valence-corrected chi connectivity index (χ1v) is 8.29. The molecule has 2 saturated carbocycles. The van der Waals surface area contributed by atoms with Crippen molar-refractivity contribution in [3.05, 3.63) is 0 Å². The molecule has 0 bridgehead atoms. The molecule has 3 heteroatoms. The Bertz CT molecular complexity index is 247. The molecule has 0 aromatic heterocycles. The average molecular weight is 302 g/mol. The Labute approximate surface area is 113 Å². The van der Waals surface area contributed by atoms with Gasteiger partial charge in [-0.3, -0.25) is 4.79 Å². The van der Waals surface area contributed by atoms with Crippen molar-refractivity contribution in [2.45, 2.75) is 63.8 Å². The van der Waals surface area contributed by atoms with Gasteiger partial charge in [0.25, 0.3) is 0 Å². The molecule has 0 aliphatic heterocycles. The van der Waals surface area contributed by atoms with Crippen LogP contribution in [0.25, 0.3) is 0 Å². The monoisotopic (exact) mass is 301 g/mol. The van der Waals surface area contributed by atoms with Gasteiger partial charge in [0.05, 0.1) is 0 Å². The van der Waals surface area contributed by atoms with Crippen molar-refractivity contribution in [1.29, 1.82) is 0 Å². The summed E-state index contributed by atoms with van der Waals surface area (Å²) in [5, 5.41) is 1.01. The Hall–Kier alpha value is -0.0500. The van der Waals surface area contributed by atoms with Crippen LogP contribution >= 0.6 is 15.9 Å². The summed E-state index contributed by atoms with van der Waals surface area (Å²) in [6.07, 6.45) is 10.9. The minimum Gasteiger partial charge on any atom is -0.340 e. The highest BCUT2D eigenvalue weighted by Crippen LogP contribution is 2.30. The largest absolute Gasteiger partial charge is 0.340 e. The lowest BCUT2D eigenvalue weighted by Crippen LogP contribution is -2.45. The van der Waals surface area contributed by atoms with E-state index in [1.54, 1.807) is 0 Å². The first-order chi connectivity index (χ1) is 8.31. The van der Waals surface area contributed by atoms with Crippen molar-refractivity contribution in [2.75, 3.05) is 11.9 Å². The van der Waals surface area contributed by atoms with Gasteiger partial charge in [-0.25, -0.2) is 0 Å². The molecule has 2 fully saturated rings. The van der Waals surface area contributed by atoms with Crippen molar-refractivity contribution < 1.29 is 4.79 Å². The molecule has 0 N–H and O–H groups in total. The van der Waals surface area contributed by atoms with Gasteiger partial charge in [0, 0.05) is 24.3 Å². The van der Waals surface area contributed by atoms with E-state index in [9.17, 15) is 4.79 Å². The molecule has 2 aliphatic rings. The third-order valence-corrected chi connectivity index (χ3v) is 4.87. The lowest BCUT2D eigenvalue weighted by molar-refractivity contribution is -0.136. The maximum absolute atomic E-state index is 12.3. The first-order valence-electron chi connectivity index (χ1n) is 7.16. The zero-order chi connectivity index (χ0) is 12.1. The van der Waals surface area contributed by atoms with E-state index in [0.717, 1.165) is 24.7 Å². The minimum atomic E-state index is 0.433. The summed E-state index contributed by atoms with van der Waals surface area (Å²) < 4.78 is 0. The lowest BCUT2D eigenvalue weighted by atomic mass is 9.90. The molecule has 2 aliphatic carbocycles. The van der Waals surface area contributed by atoms with Gasteiger partial charge in [-0.05, 0) is 44.4 Å². The summed E-state index contributed by atoms with van der Waals surface area (Å²) in [4.78, 5) is 14.5. The molecule has 0 unspecified atom stereocenters. The second-order valence-electron chi connectivity index (χ2n) is 5.57. The molecule has 2 nitrogen and oxygen atoms in total. The number of hydrogen-bond donors (Lipinski definition) is 0. The van der Waals surface area contributed by atoms with E-state index in [2.05, 4.69) is 20.8 Å². The number of alkyl halides is 1. The highest BCUT2D eigenvalue weighted by Gasteiger charge is 2.30. The summed E-state index contributed by atoms with van der Waals surface area (Å²) in [5.74, 6) is 1.12. The van der Waals surface area contributed by atoms with Gasteiger partial charge in [-0.1, -0.05) is 28.8 Å². The van der Waals surface area contributed by atoms with Crippen LogP contribution in [0.1, 0.15) is 57.8 Å². The van der Waals surface area contributed by atoms with Crippen molar-refractivity contribution in [3.63, 3.8) is 0 Å². The van der Waals surface area contributed by atoms with Gasteiger partial charge in [-0.2, -0.15) is 0 Å². The highest BCUT2D eigenvalue weighted by atomic mass is 79.9. The molecule has 0 aromatic carbocycles. The molecular formula is C14H24BrNO. The normalized spacial score (nSPS) is 21.5. The van der Waals surface area contributed by atoms with Gasteiger partial charge in [0.15, 0.2) is 0 Å². The molecule has 0 heterocycles. The summed E-state index contributed by atoms with van der Waals surface area (Å²) in [6.45, 7) is 0.960. The SMILES string of the molecule is O=C(CC1CCCC1)N(CCCBr)C1CCC1. The minimum absolute atomic E-state index is 0.433. The Balaban J connectivity index is 1.82. The zero-order valence-electron chi connectivity index (χ0n) is 10.7. The van der Waals surface area contributed by atoms with Crippen LogP contribution < -0.4 is 0 Å². The fraction of sp³-hybridized carbons (Fsp3) is 0.929. The summed E-state index contributed by atoms with van der Waals surface area (Å²) in [5.41, 5.74) is 0. The van der Waals surface area contributed by atoms with Crippen molar-refractivity contribution in [2.24, 2.45) is 5.92 Å². The van der Waals surface area contributed by atoms with Crippen LogP contribution in [-0.4, -0.2) is 28.7 Å². The van der Waals surface area contributed by atoms with Gasteiger partial charge in [0.1, 0.15) is 0 Å². The molecule has 17 heavy (non-hydrogen) atoms. The number of amides is 1. The number of carbonyl (C=O) groups is 1. The van der Waals surface area contributed by atoms with Crippen molar-refractivity contribution in [3.8, 4) is 0 Å². The molecule has 0 aromatic rings. The standard InChI is InChI=1S/C14H24BrNO/c15-9-4-10-16(13-7-3-8-13)14(17)11-12-5-1-2-6-12/h12-13H,1-11H2. The van der Waals surface area contributed by atoms with Crippen LogP contribution in [-0.2, 0) is 4.79 Å². The van der Waals surface area contributed by atoms with E-state index in [4.69, 9.17) is 0 Å². The van der Waals surface area contributed by atoms with Gasteiger partial charge < -0.3 is 4.90 Å². The van der Waals surface area contributed by atoms with Crippen LogP contribution in [0.2, 0.25) is 0 Å². The molecule has 0 radical (unpaired) electrons. The number of hydrogen-bond acceptors (Lipinski definition) is 1. The van der Waals surface area contributed by atoms with Crippen LogP contribution in [0, 0.1) is 5.92 Å². The molecule has 2 rings (SSSR count). The van der Waals surface area contributed by atoms with E-state index >= 15 is 0 Å². The first kappa shape index (κ1) is 13.4. The molecule has 0 saturated heterocycles. The topological polar surface area (TPSA) is 20.3 Å². The number of rotatable bonds is 6. The zero-order valence-corrected chi connectivity index (χ0v) is 12.3. The third kappa shape index (κ3) is 3.70. The fourth-order valence-electron chi connectivity index (χ4n) is 3.02. The Morgan fingerprint density at radius 1 is 1.12 bits per heavy atom. The smallest absolute Gasteiger partial charge is 0.223 e. The maximum Gasteiger partial charge on any atom is 0.223 e. The van der Waals surface area contributed by atoms with Crippen molar-refractivity contribution >= 4 is 21.8 Å². The summed E-state index contributed by atoms with van der Waals surface area (Å²) in [7, 11) is 0. The predicted molar refractivity (Wildman–Crippen MR) is 74.3 cm³/mol. The Kier molecular flexibility index (Phi) is 5.33.